The van der Waals surface area contributed by atoms with Crippen molar-refractivity contribution in [2.24, 2.45) is 32.7 Å². The van der Waals surface area contributed by atoms with Crippen molar-refractivity contribution < 1.29 is 58.0 Å². The lowest BCUT2D eigenvalue weighted by atomic mass is 9.77. The lowest BCUT2D eigenvalue weighted by Crippen LogP contribution is -2.38. The predicted molar refractivity (Wildman–Crippen MR) is 494 cm³/mol. The molecule has 6 heterocycles. The second-order valence-electron chi connectivity index (χ2n) is 37.8. The minimum Gasteiger partial charge on any atom is -0.506 e. The smallest absolute Gasteiger partial charge is 0.307 e. The third-order valence-corrected chi connectivity index (χ3v) is 25.1. The molecule has 0 spiro atoms. The van der Waals surface area contributed by atoms with Gasteiger partial charge in [-0.25, -0.2) is 9.98 Å². The Hall–Kier alpha value is -12.1. The van der Waals surface area contributed by atoms with Gasteiger partial charge < -0.3 is 49.9 Å². The van der Waals surface area contributed by atoms with Crippen LogP contribution in [0, 0.1) is 43.4 Å². The molecule has 0 saturated carbocycles. The molecule has 4 amide bonds. The van der Waals surface area contributed by atoms with Gasteiger partial charge in [-0.1, -0.05) is 183 Å². The number of rotatable bonds is 20. The van der Waals surface area contributed by atoms with Crippen LogP contribution in [0.15, 0.2) is 214 Å². The number of aliphatic hydroxyl groups excluding tert-OH is 2. The Morgan fingerprint density at radius 1 is 0.504 bits per heavy atom. The molecule has 16 rings (SSSR count). The van der Waals surface area contributed by atoms with Gasteiger partial charge in [-0.2, -0.15) is 0 Å². The van der Waals surface area contributed by atoms with Gasteiger partial charge in [0.1, 0.15) is 11.5 Å². The summed E-state index contributed by atoms with van der Waals surface area (Å²) in [6.07, 6.45) is 12.7. The fourth-order valence-electron chi connectivity index (χ4n) is 19.5. The van der Waals surface area contributed by atoms with E-state index in [0.29, 0.717) is 57.8 Å². The van der Waals surface area contributed by atoms with E-state index >= 15 is 0 Å². The van der Waals surface area contributed by atoms with Gasteiger partial charge in [0.25, 0.3) is 17.7 Å². The maximum absolute atomic E-state index is 14.9. The van der Waals surface area contributed by atoms with Gasteiger partial charge in [-0.3, -0.25) is 38.4 Å². The Balaban J connectivity index is 0.000000212. The third kappa shape index (κ3) is 20.7. The first kappa shape index (κ1) is 89.2. The summed E-state index contributed by atoms with van der Waals surface area (Å²) in [4.78, 5) is 133. The van der Waals surface area contributed by atoms with Crippen molar-refractivity contribution in [3.8, 4) is 0 Å². The molecule has 9 aliphatic rings. The molecule has 125 heavy (non-hydrogen) atoms. The molecular weight excluding hydrogens is 1570 g/mol. The monoisotopic (exact) mass is 1680 g/mol. The van der Waals surface area contributed by atoms with Gasteiger partial charge in [0.2, 0.25) is 29.7 Å². The van der Waals surface area contributed by atoms with Gasteiger partial charge >= 0.3 is 11.9 Å². The molecule has 6 atom stereocenters. The first-order chi connectivity index (χ1) is 59.8. The zero-order valence-corrected chi connectivity index (χ0v) is 74.6. The van der Waals surface area contributed by atoms with Gasteiger partial charge in [0.05, 0.1) is 56.6 Å². The molecule has 2 bridgehead atoms. The van der Waals surface area contributed by atoms with Crippen LogP contribution in [-0.2, 0) is 47.8 Å². The highest BCUT2D eigenvalue weighted by Gasteiger charge is 2.43. The van der Waals surface area contributed by atoms with Gasteiger partial charge in [0, 0.05) is 121 Å². The van der Waals surface area contributed by atoms with Gasteiger partial charge in [-0.05, 0) is 209 Å². The minimum atomic E-state index is -1.36. The number of ketones is 2. The number of anilines is 5. The predicted octanol–water partition coefficient (Wildman–Crippen LogP) is 19.1. The van der Waals surface area contributed by atoms with Gasteiger partial charge in [-0.15, -0.1) is 0 Å². The van der Waals surface area contributed by atoms with Gasteiger partial charge in [0.15, 0.2) is 0 Å². The molecule has 4 N–H and O–H groups in total. The van der Waals surface area contributed by atoms with E-state index in [-0.39, 0.29) is 104 Å². The number of amides is 4. The van der Waals surface area contributed by atoms with E-state index in [1.54, 1.807) is 66.7 Å². The van der Waals surface area contributed by atoms with E-state index in [0.717, 1.165) is 173 Å². The quantitative estimate of drug-likeness (QED) is 0.0408. The van der Waals surface area contributed by atoms with Crippen LogP contribution in [-0.4, -0.2) is 120 Å². The highest BCUT2D eigenvalue weighted by atomic mass is 16.6. The molecule has 6 unspecified atom stereocenters. The number of esters is 2. The molecule has 0 radical (unpaired) electrons. The molecule has 20 nitrogen and oxygen atoms in total. The molecule has 6 aliphatic heterocycles. The molecule has 20 heteroatoms. The molecule has 4 saturated heterocycles. The molecule has 4 fully saturated rings. The van der Waals surface area contributed by atoms with E-state index in [4.69, 9.17) is 14.5 Å². The number of aliphatic hydroxyl groups is 2. The Morgan fingerprint density at radius 3 is 1.45 bits per heavy atom. The van der Waals surface area contributed by atoms with Crippen molar-refractivity contribution in [2.45, 2.75) is 203 Å². The summed E-state index contributed by atoms with van der Waals surface area (Å²) in [7, 11) is 0. The fraction of sp³-hybridized carbons (Fsp3) is 0.410. The van der Waals surface area contributed by atoms with Crippen molar-refractivity contribution in [3.63, 3.8) is 0 Å². The SMILES string of the molecule is CC1=CC(=C2C(=O)C(c3cc(C)c(N4CCCC4)cc3NC(=O)C(OC(=O)CC(C)CC(C)(C)C)c3ccccc3)=C2O)C(=NC(=O)C(OC(=O)CC(C)CC(C)(C)C)c2ccccc2)C=C1N1CCCC1.Cc1cc2c(cc1N1CCCC1)NC(=O)C(c1ccccc1)CCCC(c1ccccc1)C(=O)N=c1cc(N3CCCC3)c(C)cc1=C1C(=O)C2=C1O. The summed E-state index contributed by atoms with van der Waals surface area (Å²) >= 11 is 0. The molecule has 7 aromatic carbocycles. The summed E-state index contributed by atoms with van der Waals surface area (Å²) in [5.74, 6) is -5.24. The van der Waals surface area contributed by atoms with Crippen LogP contribution in [0.3, 0.4) is 0 Å². The van der Waals surface area contributed by atoms with Crippen LogP contribution in [0.4, 0.5) is 28.4 Å². The minimum absolute atomic E-state index is 0.00260. The number of nitrogens with one attached hydrogen (secondary N) is 2. The lowest BCUT2D eigenvalue weighted by Gasteiger charge is -2.30. The van der Waals surface area contributed by atoms with Crippen LogP contribution in [0.25, 0.3) is 16.7 Å². The van der Waals surface area contributed by atoms with Crippen LogP contribution in [0.5, 0.6) is 0 Å². The summed E-state index contributed by atoms with van der Waals surface area (Å²) in [6, 6.07) is 48.4. The Kier molecular flexibility index (Phi) is 27.5. The fourth-order valence-corrected chi connectivity index (χ4v) is 19.5. The van der Waals surface area contributed by atoms with Crippen molar-refractivity contribution in [1.29, 1.82) is 0 Å². The summed E-state index contributed by atoms with van der Waals surface area (Å²) in [5, 5.41) is 31.3. The zero-order chi connectivity index (χ0) is 88.7. The normalized spacial score (nSPS) is 20.1. The number of aryl methyl sites for hydroxylation is 3. The standard InChI is InChI=1S/C60H74N4O8.C45H46N4O4/c1-37(35-59(5,6)7)29-49(65)71-55(41-21-13-11-14-22-41)57(69)61-45-33-47(63-25-17-18-26-63)39(3)31-43(45)51-53(67)52(54(51)68)44-32-40(4)48(64-27-19-20-28-64)34-46(44)62-58(70)56(42-23-15-12-16-24-42)72-50(66)30-38(2)36-60(8,9)10;1-28-24-34-36(26-38(28)48-20-9-10-21-48)46-44(52)32(30-14-5-3-6-15-30)18-13-19-33(31-16-7-4-8-17-31)45(53)47-37-27-39(49-22-11-12-23-49)29(2)25-35(37)41-42(50)40(34)43(41)51/h11-16,21-24,31-34,37-38,55-56,67H,17-20,25-30,35-36H2,1-10H3,(H,61,69);3-8,14-17,24-27,32-33,50H,9-13,18-23H2,1-2H3,(H,46,52). The number of Topliss-reactive ketones (excluding diaryl/α,β-unsaturated/α-hetero) is 2. The number of allylic oxidation sites excluding steroid dienone is 8. The molecular formula is C105H120N8O12. The maximum Gasteiger partial charge on any atom is 0.307 e. The van der Waals surface area contributed by atoms with Crippen LogP contribution in [0.2, 0.25) is 0 Å². The lowest BCUT2D eigenvalue weighted by molar-refractivity contribution is -0.156. The number of benzene rings is 7. The number of carbonyl (C=O) groups excluding carboxylic acids is 8. The van der Waals surface area contributed by atoms with E-state index in [1.165, 1.54) is 0 Å². The van der Waals surface area contributed by atoms with E-state index < -0.39 is 53.6 Å². The number of likely N-dealkylation sites (tertiary alicyclic amines) is 1. The second-order valence-corrected chi connectivity index (χ2v) is 37.8. The summed E-state index contributed by atoms with van der Waals surface area (Å²) in [5.41, 5.74) is 12.2. The molecule has 3 aliphatic carbocycles. The van der Waals surface area contributed by atoms with Crippen LogP contribution in [0.1, 0.15) is 233 Å². The third-order valence-electron chi connectivity index (χ3n) is 25.1. The first-order valence-electron chi connectivity index (χ1n) is 44.9. The topological polar surface area (TPSA) is 257 Å². The molecule has 7 aromatic rings. The number of fused-ring (bicyclic) bond motifs is 8. The van der Waals surface area contributed by atoms with E-state index in [9.17, 15) is 48.6 Å². The summed E-state index contributed by atoms with van der Waals surface area (Å²) in [6.45, 7) is 31.5. The number of nitrogens with zero attached hydrogens (tertiary/aromatic N) is 6. The Bertz CT molecular complexity index is 5650. The zero-order valence-electron chi connectivity index (χ0n) is 74.6. The number of ether oxygens (including phenoxy) is 2. The van der Waals surface area contributed by atoms with E-state index in [2.05, 4.69) is 76.8 Å². The van der Waals surface area contributed by atoms with Crippen molar-refractivity contribution in [1.82, 2.24) is 4.90 Å². The highest BCUT2D eigenvalue weighted by Crippen LogP contribution is 2.48. The van der Waals surface area contributed by atoms with Crippen molar-refractivity contribution >= 4 is 98.0 Å². The van der Waals surface area contributed by atoms with Crippen LogP contribution >= 0.6 is 0 Å². The number of aliphatic imine (C=N–C) groups is 1. The molecule has 652 valence electrons. The average Bonchev–Trinajstić information content (AvgIpc) is 1.01. The largest absolute Gasteiger partial charge is 0.506 e. The average molecular weight is 1690 g/mol. The number of hydrogen-bond donors (Lipinski definition) is 4. The highest BCUT2D eigenvalue weighted by molar-refractivity contribution is 6.52. The Morgan fingerprint density at radius 2 is 0.936 bits per heavy atom. The Labute approximate surface area is 735 Å². The first-order valence-corrected chi connectivity index (χ1v) is 44.9. The number of carbonyl (C=O) groups is 8. The number of hydrogen-bond acceptors (Lipinski definition) is 16. The maximum atomic E-state index is 14.9. The summed E-state index contributed by atoms with van der Waals surface area (Å²) < 4.78 is 12.0. The van der Waals surface area contributed by atoms with Crippen molar-refractivity contribution in [2.75, 3.05) is 77.7 Å². The van der Waals surface area contributed by atoms with Crippen LogP contribution < -0.4 is 35.9 Å². The molecule has 0 aromatic heterocycles. The van der Waals surface area contributed by atoms with E-state index in [1.807, 2.05) is 145 Å². The second kappa shape index (κ2) is 38.6. The van der Waals surface area contributed by atoms with Crippen molar-refractivity contribution in [3.05, 3.63) is 264 Å².